The molecule has 2 aromatic carbocycles. The van der Waals surface area contributed by atoms with Crippen molar-refractivity contribution >= 4 is 29.0 Å². The number of aromatic nitrogens is 1. The summed E-state index contributed by atoms with van der Waals surface area (Å²) >= 11 is 0. The maximum absolute atomic E-state index is 12.5. The molecule has 0 aliphatic carbocycles. The second-order valence-electron chi connectivity index (χ2n) is 4.94. The lowest BCUT2D eigenvalue weighted by molar-refractivity contribution is 0.884. The SMILES string of the molecule is Cl.Cn1c(=O)c(Cc2ccccc2)c(N)c2ccccc21. The van der Waals surface area contributed by atoms with Crippen molar-refractivity contribution in [3.8, 4) is 0 Å². The molecule has 0 atom stereocenters. The molecular weight excluding hydrogens is 284 g/mol. The van der Waals surface area contributed by atoms with E-state index in [1.165, 1.54) is 0 Å². The number of aryl methyl sites for hydroxylation is 1. The van der Waals surface area contributed by atoms with Gasteiger partial charge in [-0.2, -0.15) is 0 Å². The summed E-state index contributed by atoms with van der Waals surface area (Å²) in [6, 6.07) is 17.6. The van der Waals surface area contributed by atoms with Crippen molar-refractivity contribution in [3.63, 3.8) is 0 Å². The van der Waals surface area contributed by atoms with Crippen molar-refractivity contribution < 1.29 is 0 Å². The van der Waals surface area contributed by atoms with E-state index in [4.69, 9.17) is 5.73 Å². The molecule has 21 heavy (non-hydrogen) atoms. The first-order valence-electron chi connectivity index (χ1n) is 6.58. The molecule has 0 fully saturated rings. The zero-order chi connectivity index (χ0) is 14.1. The second-order valence-corrected chi connectivity index (χ2v) is 4.94. The quantitative estimate of drug-likeness (QED) is 0.790. The Hall–Kier alpha value is -2.26. The molecule has 108 valence electrons. The number of nitrogens with two attached hydrogens (primary N) is 1. The van der Waals surface area contributed by atoms with Gasteiger partial charge in [0.05, 0.1) is 5.52 Å². The molecule has 0 saturated carbocycles. The fourth-order valence-corrected chi connectivity index (χ4v) is 2.55. The predicted octanol–water partition coefficient (Wildman–Crippen LogP) is 3.13. The van der Waals surface area contributed by atoms with E-state index in [1.807, 2.05) is 54.6 Å². The first kappa shape index (κ1) is 15.1. The third kappa shape index (κ3) is 2.65. The zero-order valence-corrected chi connectivity index (χ0v) is 12.6. The molecule has 2 N–H and O–H groups in total. The summed E-state index contributed by atoms with van der Waals surface area (Å²) in [6.07, 6.45) is 0.560. The number of anilines is 1. The van der Waals surface area contributed by atoms with E-state index in [0.717, 1.165) is 16.5 Å². The van der Waals surface area contributed by atoms with Crippen molar-refractivity contribution in [2.24, 2.45) is 7.05 Å². The molecule has 3 aromatic rings. The fourth-order valence-electron chi connectivity index (χ4n) is 2.55. The molecule has 0 spiro atoms. The molecule has 1 heterocycles. The molecule has 0 amide bonds. The summed E-state index contributed by atoms with van der Waals surface area (Å²) in [5.41, 5.74) is 9.41. The lowest BCUT2D eigenvalue weighted by Crippen LogP contribution is -2.23. The number of hydrogen-bond donors (Lipinski definition) is 1. The highest BCUT2D eigenvalue weighted by Gasteiger charge is 2.12. The first-order chi connectivity index (χ1) is 9.68. The minimum absolute atomic E-state index is 0. The van der Waals surface area contributed by atoms with Crippen molar-refractivity contribution in [2.45, 2.75) is 6.42 Å². The maximum atomic E-state index is 12.5. The molecule has 3 nitrogen and oxygen atoms in total. The molecule has 0 aliphatic heterocycles. The molecule has 0 saturated heterocycles. The number of hydrogen-bond acceptors (Lipinski definition) is 2. The Morgan fingerprint density at radius 3 is 2.33 bits per heavy atom. The van der Waals surface area contributed by atoms with Crippen molar-refractivity contribution in [1.82, 2.24) is 4.57 Å². The number of pyridine rings is 1. The molecule has 0 unspecified atom stereocenters. The Labute approximate surface area is 129 Å². The molecule has 3 rings (SSSR count). The Kier molecular flexibility index (Phi) is 4.34. The number of nitrogens with zero attached hydrogens (tertiary/aromatic N) is 1. The minimum Gasteiger partial charge on any atom is -0.398 e. The Morgan fingerprint density at radius 2 is 1.62 bits per heavy atom. The van der Waals surface area contributed by atoms with Crippen molar-refractivity contribution in [3.05, 3.63) is 76.1 Å². The van der Waals surface area contributed by atoms with Crippen LogP contribution in [0.4, 0.5) is 5.69 Å². The van der Waals surface area contributed by atoms with Crippen LogP contribution in [0.5, 0.6) is 0 Å². The highest BCUT2D eigenvalue weighted by atomic mass is 35.5. The molecule has 4 heteroatoms. The Balaban J connectivity index is 0.00000161. The average molecular weight is 301 g/mol. The number of nitrogen functional groups attached to an aromatic ring is 1. The smallest absolute Gasteiger partial charge is 0.256 e. The lowest BCUT2D eigenvalue weighted by atomic mass is 10.0. The largest absolute Gasteiger partial charge is 0.398 e. The number of rotatable bonds is 2. The lowest BCUT2D eigenvalue weighted by Gasteiger charge is -2.12. The summed E-state index contributed by atoms with van der Waals surface area (Å²) in [4.78, 5) is 12.5. The van der Waals surface area contributed by atoms with Gasteiger partial charge in [0.2, 0.25) is 0 Å². The number of para-hydroxylation sites is 1. The van der Waals surface area contributed by atoms with Gasteiger partial charge in [-0.25, -0.2) is 0 Å². The summed E-state index contributed by atoms with van der Waals surface area (Å²) in [7, 11) is 1.79. The molecule has 0 bridgehead atoms. The maximum Gasteiger partial charge on any atom is 0.256 e. The van der Waals surface area contributed by atoms with Crippen molar-refractivity contribution in [1.29, 1.82) is 0 Å². The van der Waals surface area contributed by atoms with Gasteiger partial charge in [0.25, 0.3) is 5.56 Å². The highest BCUT2D eigenvalue weighted by Crippen LogP contribution is 2.23. The van der Waals surface area contributed by atoms with Crippen LogP contribution in [0, 0.1) is 0 Å². The van der Waals surface area contributed by atoms with E-state index in [9.17, 15) is 4.79 Å². The monoisotopic (exact) mass is 300 g/mol. The Morgan fingerprint density at radius 1 is 1.00 bits per heavy atom. The number of fused-ring (bicyclic) bond motifs is 1. The van der Waals surface area contributed by atoms with Crippen LogP contribution in [-0.4, -0.2) is 4.57 Å². The van der Waals surface area contributed by atoms with Crippen LogP contribution in [0.25, 0.3) is 10.9 Å². The summed E-state index contributed by atoms with van der Waals surface area (Å²) in [5.74, 6) is 0. The third-order valence-corrected chi connectivity index (χ3v) is 3.67. The van der Waals surface area contributed by atoms with E-state index >= 15 is 0 Å². The summed E-state index contributed by atoms with van der Waals surface area (Å²) < 4.78 is 1.67. The van der Waals surface area contributed by atoms with E-state index in [1.54, 1.807) is 11.6 Å². The average Bonchev–Trinajstić information content (AvgIpc) is 2.50. The van der Waals surface area contributed by atoms with E-state index in [0.29, 0.717) is 17.7 Å². The molecule has 0 radical (unpaired) electrons. The van der Waals surface area contributed by atoms with Crippen LogP contribution in [0.1, 0.15) is 11.1 Å². The topological polar surface area (TPSA) is 48.0 Å². The number of benzene rings is 2. The van der Waals surface area contributed by atoms with Gasteiger partial charge in [-0.15, -0.1) is 12.4 Å². The van der Waals surface area contributed by atoms with Crippen LogP contribution in [-0.2, 0) is 13.5 Å². The molecule has 0 aliphatic rings. The van der Waals surface area contributed by atoms with Gasteiger partial charge in [0, 0.05) is 30.1 Å². The second kappa shape index (κ2) is 6.02. The number of halogens is 1. The van der Waals surface area contributed by atoms with E-state index in [-0.39, 0.29) is 18.0 Å². The van der Waals surface area contributed by atoms with Gasteiger partial charge in [0.1, 0.15) is 0 Å². The molecule has 1 aromatic heterocycles. The van der Waals surface area contributed by atoms with E-state index < -0.39 is 0 Å². The highest BCUT2D eigenvalue weighted by molar-refractivity contribution is 5.92. The first-order valence-corrected chi connectivity index (χ1v) is 6.58. The normalized spacial score (nSPS) is 10.3. The predicted molar refractivity (Wildman–Crippen MR) is 90.1 cm³/mol. The van der Waals surface area contributed by atoms with E-state index in [2.05, 4.69) is 0 Å². The molecular formula is C17H17ClN2O. The van der Waals surface area contributed by atoms with Crippen LogP contribution in [0.2, 0.25) is 0 Å². The summed E-state index contributed by atoms with van der Waals surface area (Å²) in [6.45, 7) is 0. The van der Waals surface area contributed by atoms with Gasteiger partial charge < -0.3 is 10.3 Å². The fraction of sp³-hybridized carbons (Fsp3) is 0.118. The van der Waals surface area contributed by atoms with Crippen LogP contribution < -0.4 is 11.3 Å². The van der Waals surface area contributed by atoms with Crippen LogP contribution >= 0.6 is 12.4 Å². The van der Waals surface area contributed by atoms with Gasteiger partial charge in [-0.1, -0.05) is 48.5 Å². The van der Waals surface area contributed by atoms with Gasteiger partial charge >= 0.3 is 0 Å². The summed E-state index contributed by atoms with van der Waals surface area (Å²) in [5, 5.41) is 0.931. The third-order valence-electron chi connectivity index (χ3n) is 3.67. The van der Waals surface area contributed by atoms with Gasteiger partial charge in [0.15, 0.2) is 0 Å². The van der Waals surface area contributed by atoms with Gasteiger partial charge in [-0.05, 0) is 11.6 Å². The Bertz CT molecular complexity index is 825. The standard InChI is InChI=1S/C17H16N2O.ClH/c1-19-15-10-6-5-9-13(15)16(18)14(17(19)20)11-12-7-3-2-4-8-12;/h2-10H,11,18H2,1H3;1H. The van der Waals surface area contributed by atoms with Gasteiger partial charge in [-0.3, -0.25) is 4.79 Å². The van der Waals surface area contributed by atoms with Crippen LogP contribution in [0.15, 0.2) is 59.4 Å². The van der Waals surface area contributed by atoms with Crippen molar-refractivity contribution in [2.75, 3.05) is 5.73 Å². The zero-order valence-electron chi connectivity index (χ0n) is 11.7. The minimum atomic E-state index is -0.0231. The van der Waals surface area contributed by atoms with Crippen LogP contribution in [0.3, 0.4) is 0 Å².